The van der Waals surface area contributed by atoms with Crippen LogP contribution < -0.4 is 19.5 Å². The fourth-order valence-electron chi connectivity index (χ4n) is 3.27. The summed E-state index contributed by atoms with van der Waals surface area (Å²) < 4.78 is 21.7. The van der Waals surface area contributed by atoms with Gasteiger partial charge in [0.25, 0.3) is 0 Å². The van der Waals surface area contributed by atoms with Crippen LogP contribution in [0.2, 0.25) is 0 Å². The Morgan fingerprint density at radius 1 is 1.00 bits per heavy atom. The highest BCUT2D eigenvalue weighted by molar-refractivity contribution is 6.20. The lowest BCUT2D eigenvalue weighted by atomic mass is 10.1. The van der Waals surface area contributed by atoms with Gasteiger partial charge in [0.2, 0.25) is 11.6 Å². The van der Waals surface area contributed by atoms with Gasteiger partial charge in [-0.1, -0.05) is 6.07 Å². The van der Waals surface area contributed by atoms with Crippen LogP contribution in [0.15, 0.2) is 66.3 Å². The summed E-state index contributed by atoms with van der Waals surface area (Å²) in [4.78, 5) is 33.8. The summed E-state index contributed by atoms with van der Waals surface area (Å²) in [5, 5.41) is 12.5. The standard InChI is InChI=1S/C25H20N4O6/c1-32-6-7-34-24-11-18-17(9-23(24)33-2)25(28-14-27-18)29-19-10-21(31)22(12-20(19)30)35-16-5-3-4-15(8-16)13-26/h3-5,8-12,14H,6-7H2,1-2H3,(H,27,28,29). The number of carbonyl (C=O) groups excluding carboxylic acids is 2. The molecule has 10 nitrogen and oxygen atoms in total. The molecule has 10 heteroatoms. The van der Waals surface area contributed by atoms with Crippen LogP contribution in [0.1, 0.15) is 5.56 Å². The Morgan fingerprint density at radius 2 is 1.86 bits per heavy atom. The molecule has 0 saturated heterocycles. The first kappa shape index (κ1) is 23.4. The smallest absolute Gasteiger partial charge is 0.223 e. The van der Waals surface area contributed by atoms with Gasteiger partial charge in [0.15, 0.2) is 17.3 Å². The van der Waals surface area contributed by atoms with E-state index in [-0.39, 0.29) is 17.2 Å². The molecule has 0 atom stereocenters. The number of nitriles is 1. The van der Waals surface area contributed by atoms with Crippen molar-refractivity contribution >= 4 is 28.3 Å². The van der Waals surface area contributed by atoms with Crippen LogP contribution in [-0.4, -0.2) is 49.0 Å². The van der Waals surface area contributed by atoms with Gasteiger partial charge in [-0.05, 0) is 24.3 Å². The highest BCUT2D eigenvalue weighted by Crippen LogP contribution is 2.34. The molecule has 2 aromatic carbocycles. The molecule has 0 radical (unpaired) electrons. The number of ether oxygens (including phenoxy) is 4. The van der Waals surface area contributed by atoms with Gasteiger partial charge in [-0.3, -0.25) is 9.59 Å². The average molecular weight is 472 g/mol. The largest absolute Gasteiger partial charge is 0.493 e. The van der Waals surface area contributed by atoms with Gasteiger partial charge in [-0.15, -0.1) is 0 Å². The maximum absolute atomic E-state index is 12.7. The average Bonchev–Trinajstić information content (AvgIpc) is 2.87. The number of nitrogens with one attached hydrogen (secondary N) is 1. The molecular weight excluding hydrogens is 452 g/mol. The number of ketones is 2. The van der Waals surface area contributed by atoms with Crippen molar-refractivity contribution in [2.75, 3.05) is 32.8 Å². The number of anilines is 1. The van der Waals surface area contributed by atoms with Crippen LogP contribution in [0.5, 0.6) is 17.2 Å². The molecule has 0 spiro atoms. The van der Waals surface area contributed by atoms with Crippen LogP contribution >= 0.6 is 0 Å². The number of carbonyl (C=O) groups is 2. The summed E-state index contributed by atoms with van der Waals surface area (Å²) >= 11 is 0. The number of fused-ring (bicyclic) bond motifs is 1. The third-order valence-electron chi connectivity index (χ3n) is 4.96. The Morgan fingerprint density at radius 3 is 2.63 bits per heavy atom. The van der Waals surface area contributed by atoms with Crippen LogP contribution in [0, 0.1) is 11.3 Å². The number of nitrogens with zero attached hydrogens (tertiary/aromatic N) is 3. The highest BCUT2D eigenvalue weighted by Gasteiger charge is 2.23. The van der Waals surface area contributed by atoms with E-state index in [2.05, 4.69) is 15.3 Å². The zero-order valence-electron chi connectivity index (χ0n) is 18.9. The molecule has 1 aliphatic rings. The minimum atomic E-state index is -0.515. The first-order valence-electron chi connectivity index (χ1n) is 10.4. The third kappa shape index (κ3) is 5.26. The van der Waals surface area contributed by atoms with Crippen LogP contribution in [-0.2, 0) is 14.3 Å². The highest BCUT2D eigenvalue weighted by atomic mass is 16.5. The summed E-state index contributed by atoms with van der Waals surface area (Å²) in [6, 6.07) is 11.7. The normalized spacial score (nSPS) is 13.1. The SMILES string of the molecule is COCCOc1cc2ncnc(NC3=CC(=O)C(Oc4cccc(C#N)c4)=CC3=O)c2cc1OC. The van der Waals surface area contributed by atoms with Gasteiger partial charge in [-0.2, -0.15) is 5.26 Å². The minimum Gasteiger partial charge on any atom is -0.493 e. The lowest BCUT2D eigenvalue weighted by Crippen LogP contribution is -2.21. The zero-order valence-corrected chi connectivity index (χ0v) is 18.9. The van der Waals surface area contributed by atoms with Crippen LogP contribution in [0.3, 0.4) is 0 Å². The molecule has 1 N–H and O–H groups in total. The predicted octanol–water partition coefficient (Wildman–Crippen LogP) is 2.95. The predicted molar refractivity (Wildman–Crippen MR) is 125 cm³/mol. The van der Waals surface area contributed by atoms with Crippen LogP contribution in [0.4, 0.5) is 5.82 Å². The van der Waals surface area contributed by atoms with Crippen molar-refractivity contribution in [3.05, 3.63) is 71.9 Å². The summed E-state index contributed by atoms with van der Waals surface area (Å²) in [5.74, 6) is 0.371. The first-order valence-corrected chi connectivity index (χ1v) is 10.4. The molecule has 0 fully saturated rings. The fraction of sp³-hybridized carbons (Fsp3) is 0.160. The van der Waals surface area contributed by atoms with Gasteiger partial charge < -0.3 is 24.3 Å². The van der Waals surface area contributed by atoms with E-state index < -0.39 is 11.6 Å². The number of allylic oxidation sites excluding steroid dienone is 2. The van der Waals surface area contributed by atoms with E-state index >= 15 is 0 Å². The molecule has 176 valence electrons. The maximum atomic E-state index is 12.7. The first-order chi connectivity index (χ1) is 17.0. The molecule has 0 aliphatic heterocycles. The number of hydrogen-bond donors (Lipinski definition) is 1. The maximum Gasteiger partial charge on any atom is 0.223 e. The second-order valence-electron chi connectivity index (χ2n) is 7.25. The molecule has 0 amide bonds. The Bertz CT molecular complexity index is 1410. The Kier molecular flexibility index (Phi) is 6.99. The Balaban J connectivity index is 1.57. The number of rotatable bonds is 9. The number of methoxy groups -OCH3 is 2. The molecule has 0 unspecified atom stereocenters. The fourth-order valence-corrected chi connectivity index (χ4v) is 3.27. The van der Waals surface area contributed by atoms with Gasteiger partial charge >= 0.3 is 0 Å². The lowest BCUT2D eigenvalue weighted by Gasteiger charge is -2.16. The van der Waals surface area contributed by atoms with Crippen molar-refractivity contribution in [1.29, 1.82) is 5.26 Å². The van der Waals surface area contributed by atoms with E-state index in [1.165, 1.54) is 19.5 Å². The molecule has 4 rings (SSSR count). The molecule has 1 aromatic heterocycles. The number of benzene rings is 2. The number of aromatic nitrogens is 2. The van der Waals surface area contributed by atoms with E-state index in [9.17, 15) is 9.59 Å². The molecule has 1 aliphatic carbocycles. The van der Waals surface area contributed by atoms with Crippen molar-refractivity contribution in [1.82, 2.24) is 9.97 Å². The minimum absolute atomic E-state index is 0.0208. The topological polar surface area (TPSA) is 133 Å². The molecule has 0 saturated carbocycles. The van der Waals surface area contributed by atoms with E-state index in [1.54, 1.807) is 37.4 Å². The molecule has 3 aromatic rings. The lowest BCUT2D eigenvalue weighted by molar-refractivity contribution is -0.116. The van der Waals surface area contributed by atoms with E-state index in [1.807, 2.05) is 6.07 Å². The summed E-state index contributed by atoms with van der Waals surface area (Å²) in [7, 11) is 3.08. The van der Waals surface area contributed by atoms with Gasteiger partial charge in [0, 0.05) is 30.7 Å². The monoisotopic (exact) mass is 472 g/mol. The van der Waals surface area contributed by atoms with Gasteiger partial charge in [-0.25, -0.2) is 9.97 Å². The second kappa shape index (κ2) is 10.5. The summed E-state index contributed by atoms with van der Waals surface area (Å²) in [6.07, 6.45) is 3.56. The Hall–Kier alpha value is -4.75. The third-order valence-corrected chi connectivity index (χ3v) is 4.96. The van der Waals surface area contributed by atoms with Crippen molar-refractivity contribution in [2.45, 2.75) is 0 Å². The number of hydrogen-bond acceptors (Lipinski definition) is 10. The second-order valence-corrected chi connectivity index (χ2v) is 7.25. The van der Waals surface area contributed by atoms with E-state index in [0.717, 1.165) is 12.2 Å². The van der Waals surface area contributed by atoms with Crippen molar-refractivity contribution in [2.24, 2.45) is 0 Å². The Labute approximate surface area is 200 Å². The van der Waals surface area contributed by atoms with Crippen molar-refractivity contribution in [3.8, 4) is 23.3 Å². The van der Waals surface area contributed by atoms with Crippen LogP contribution in [0.25, 0.3) is 10.9 Å². The van der Waals surface area contributed by atoms with Gasteiger partial charge in [0.1, 0.15) is 24.5 Å². The van der Waals surface area contributed by atoms with E-state index in [0.29, 0.717) is 47.0 Å². The van der Waals surface area contributed by atoms with E-state index in [4.69, 9.17) is 24.2 Å². The van der Waals surface area contributed by atoms with Gasteiger partial charge in [0.05, 0.1) is 36.6 Å². The molecule has 35 heavy (non-hydrogen) atoms. The zero-order chi connectivity index (χ0) is 24.8. The van der Waals surface area contributed by atoms with Crippen molar-refractivity contribution < 1.29 is 28.5 Å². The summed E-state index contributed by atoms with van der Waals surface area (Å²) in [6.45, 7) is 0.737. The quantitative estimate of drug-likeness (QED) is 0.366. The molecular formula is C25H20N4O6. The van der Waals surface area contributed by atoms with Crippen molar-refractivity contribution in [3.63, 3.8) is 0 Å². The summed E-state index contributed by atoms with van der Waals surface area (Å²) in [5.41, 5.74) is 0.934. The molecule has 1 heterocycles. The molecule has 0 bridgehead atoms.